The molecule has 2 N–H and O–H groups in total. The molecule has 0 fully saturated rings. The van der Waals surface area contributed by atoms with Gasteiger partial charge < -0.3 is 20.3 Å². The van der Waals surface area contributed by atoms with Gasteiger partial charge in [-0.1, -0.05) is 38.1 Å². The number of hydrogen-bond donors (Lipinski definition) is 2. The van der Waals surface area contributed by atoms with Gasteiger partial charge in [0.2, 0.25) is 5.91 Å². The first-order chi connectivity index (χ1) is 14.1. The van der Waals surface area contributed by atoms with Gasteiger partial charge in [-0.15, -0.1) is 0 Å². The highest BCUT2D eigenvalue weighted by molar-refractivity contribution is 6.02. The number of nitrogens with zero attached hydrogens (tertiary/aromatic N) is 1. The van der Waals surface area contributed by atoms with Gasteiger partial charge in [0.1, 0.15) is 12.4 Å². The summed E-state index contributed by atoms with van der Waals surface area (Å²) in [5, 5.41) is 5.43. The smallest absolute Gasteiger partial charge is 0.251 e. The normalized spacial score (nSPS) is 10.9. The molecule has 6 nitrogen and oxygen atoms in total. The molecule has 0 heterocycles. The molecule has 0 aromatic heterocycles. The molecule has 0 spiro atoms. The lowest BCUT2D eigenvalue weighted by atomic mass is 10.1. The van der Waals surface area contributed by atoms with Crippen molar-refractivity contribution < 1.29 is 14.3 Å². The van der Waals surface area contributed by atoms with Crippen LogP contribution in [0.4, 0.5) is 5.69 Å². The number of rotatable bonds is 10. The van der Waals surface area contributed by atoms with Crippen LogP contribution in [0, 0.1) is 0 Å². The first kappa shape index (κ1) is 22.2. The van der Waals surface area contributed by atoms with Crippen molar-refractivity contribution in [3.63, 3.8) is 0 Å². The lowest BCUT2D eigenvalue weighted by molar-refractivity contribution is -0.111. The lowest BCUT2D eigenvalue weighted by Gasteiger charge is -2.19. The molecule has 0 saturated carbocycles. The largest absolute Gasteiger partial charge is 0.490 e. The number of benzene rings is 2. The van der Waals surface area contributed by atoms with E-state index in [4.69, 9.17) is 4.74 Å². The number of hydrogen-bond acceptors (Lipinski definition) is 4. The van der Waals surface area contributed by atoms with Crippen LogP contribution in [0.3, 0.4) is 0 Å². The van der Waals surface area contributed by atoms with E-state index in [1.165, 1.54) is 6.08 Å². The third-order valence-corrected chi connectivity index (χ3v) is 4.53. The van der Waals surface area contributed by atoms with Crippen molar-refractivity contribution in [2.75, 3.05) is 38.6 Å². The van der Waals surface area contributed by atoms with Crippen molar-refractivity contribution in [3.8, 4) is 5.75 Å². The second kappa shape index (κ2) is 11.7. The Kier molecular flexibility index (Phi) is 8.92. The summed E-state index contributed by atoms with van der Waals surface area (Å²) in [7, 11) is 1.59. The van der Waals surface area contributed by atoms with Gasteiger partial charge in [0.25, 0.3) is 5.91 Å². The van der Waals surface area contributed by atoms with Crippen LogP contribution in [0.15, 0.2) is 54.6 Å². The molecule has 0 bridgehead atoms. The molecule has 2 aromatic carbocycles. The Bertz CT molecular complexity index is 828. The molecule has 0 radical (unpaired) electrons. The van der Waals surface area contributed by atoms with Crippen molar-refractivity contribution in [2.24, 2.45) is 0 Å². The molecular weight excluding hydrogens is 366 g/mol. The predicted octanol–water partition coefficient (Wildman–Crippen LogP) is 3.42. The number of anilines is 1. The Hall–Kier alpha value is -3.12. The number of nitrogens with one attached hydrogen (secondary N) is 2. The van der Waals surface area contributed by atoms with Gasteiger partial charge in [0.15, 0.2) is 0 Å². The first-order valence-corrected chi connectivity index (χ1v) is 9.82. The van der Waals surface area contributed by atoms with Gasteiger partial charge in [0.05, 0.1) is 5.69 Å². The summed E-state index contributed by atoms with van der Waals surface area (Å²) in [4.78, 5) is 26.2. The van der Waals surface area contributed by atoms with E-state index in [9.17, 15) is 9.59 Å². The standard InChI is InChI=1S/C23H29N3O3/c1-4-26(5-2)16-17-29-21-9-7-6-8-20(21)25-22(27)15-12-18-10-13-19(14-11-18)23(28)24-3/h6-15H,4-5,16-17H2,1-3H3,(H,24,28)(H,25,27)/b15-12+. The van der Waals surface area contributed by atoms with Gasteiger partial charge in [-0.05, 0) is 49.0 Å². The zero-order chi connectivity index (χ0) is 21.1. The first-order valence-electron chi connectivity index (χ1n) is 9.82. The minimum Gasteiger partial charge on any atom is -0.490 e. The van der Waals surface area contributed by atoms with Crippen LogP contribution in [0.1, 0.15) is 29.8 Å². The second-order valence-electron chi connectivity index (χ2n) is 6.40. The highest BCUT2D eigenvalue weighted by Crippen LogP contribution is 2.23. The predicted molar refractivity (Wildman–Crippen MR) is 117 cm³/mol. The zero-order valence-corrected chi connectivity index (χ0v) is 17.3. The third-order valence-electron chi connectivity index (χ3n) is 4.53. The van der Waals surface area contributed by atoms with Crippen molar-refractivity contribution in [1.82, 2.24) is 10.2 Å². The summed E-state index contributed by atoms with van der Waals surface area (Å²) in [5.41, 5.74) is 2.04. The number of ether oxygens (including phenoxy) is 1. The summed E-state index contributed by atoms with van der Waals surface area (Å²) in [5.74, 6) is 0.257. The maximum Gasteiger partial charge on any atom is 0.251 e. The summed E-state index contributed by atoms with van der Waals surface area (Å²) in [6.07, 6.45) is 3.16. The topological polar surface area (TPSA) is 70.7 Å². The van der Waals surface area contributed by atoms with E-state index in [1.807, 2.05) is 24.3 Å². The quantitative estimate of drug-likeness (QED) is 0.605. The van der Waals surface area contributed by atoms with Crippen LogP contribution in [-0.2, 0) is 4.79 Å². The second-order valence-corrected chi connectivity index (χ2v) is 6.40. The van der Waals surface area contributed by atoms with E-state index >= 15 is 0 Å². The maximum absolute atomic E-state index is 12.3. The van der Waals surface area contributed by atoms with E-state index < -0.39 is 0 Å². The van der Waals surface area contributed by atoms with Crippen LogP contribution < -0.4 is 15.4 Å². The van der Waals surface area contributed by atoms with Crippen molar-refractivity contribution >= 4 is 23.6 Å². The molecule has 0 saturated heterocycles. The minimum atomic E-state index is -0.250. The van der Waals surface area contributed by atoms with Crippen LogP contribution in [0.25, 0.3) is 6.08 Å². The Balaban J connectivity index is 1.94. The van der Waals surface area contributed by atoms with Crippen LogP contribution in [-0.4, -0.2) is 50.0 Å². The zero-order valence-electron chi connectivity index (χ0n) is 17.3. The average molecular weight is 396 g/mol. The van der Waals surface area contributed by atoms with E-state index in [2.05, 4.69) is 29.4 Å². The minimum absolute atomic E-state index is 0.143. The SMILES string of the molecule is CCN(CC)CCOc1ccccc1NC(=O)/C=C/c1ccc(C(=O)NC)cc1. The Morgan fingerprint density at radius 2 is 1.72 bits per heavy atom. The van der Waals surface area contributed by atoms with Crippen molar-refractivity contribution in [1.29, 1.82) is 0 Å². The summed E-state index contributed by atoms with van der Waals surface area (Å²) in [6, 6.07) is 14.4. The summed E-state index contributed by atoms with van der Waals surface area (Å²) in [6.45, 7) is 7.59. The molecule has 6 heteroatoms. The number of amides is 2. The molecule has 2 aromatic rings. The number of carbonyl (C=O) groups is 2. The highest BCUT2D eigenvalue weighted by Gasteiger charge is 2.07. The van der Waals surface area contributed by atoms with Crippen LogP contribution in [0.2, 0.25) is 0 Å². The summed E-state index contributed by atoms with van der Waals surface area (Å²) < 4.78 is 5.86. The van der Waals surface area contributed by atoms with Crippen LogP contribution in [0.5, 0.6) is 5.75 Å². The molecule has 0 aliphatic rings. The Morgan fingerprint density at radius 3 is 2.38 bits per heavy atom. The van der Waals surface area contributed by atoms with Gasteiger partial charge in [-0.2, -0.15) is 0 Å². The van der Waals surface area contributed by atoms with Gasteiger partial charge in [-0.25, -0.2) is 0 Å². The molecule has 0 atom stereocenters. The van der Waals surface area contributed by atoms with E-state index in [0.29, 0.717) is 23.6 Å². The Morgan fingerprint density at radius 1 is 1.03 bits per heavy atom. The van der Waals surface area contributed by atoms with Crippen LogP contribution >= 0.6 is 0 Å². The fourth-order valence-electron chi connectivity index (χ4n) is 2.76. The lowest BCUT2D eigenvalue weighted by Crippen LogP contribution is -2.28. The molecule has 0 aliphatic heterocycles. The number of carbonyl (C=O) groups excluding carboxylic acids is 2. The molecule has 2 rings (SSSR count). The molecule has 0 aliphatic carbocycles. The molecule has 2 amide bonds. The van der Waals surface area contributed by atoms with Crippen molar-refractivity contribution in [2.45, 2.75) is 13.8 Å². The fraction of sp³-hybridized carbons (Fsp3) is 0.304. The van der Waals surface area contributed by atoms with E-state index in [0.717, 1.165) is 25.2 Å². The van der Waals surface area contributed by atoms with E-state index in [1.54, 1.807) is 37.4 Å². The molecular formula is C23H29N3O3. The van der Waals surface area contributed by atoms with Gasteiger partial charge >= 0.3 is 0 Å². The number of likely N-dealkylation sites (N-methyl/N-ethyl adjacent to an activating group) is 1. The molecule has 154 valence electrons. The van der Waals surface area contributed by atoms with Crippen molar-refractivity contribution in [3.05, 3.63) is 65.7 Å². The van der Waals surface area contributed by atoms with Gasteiger partial charge in [-0.3, -0.25) is 9.59 Å². The fourth-order valence-corrected chi connectivity index (χ4v) is 2.76. The van der Waals surface area contributed by atoms with E-state index in [-0.39, 0.29) is 11.8 Å². The van der Waals surface area contributed by atoms with Gasteiger partial charge in [0, 0.05) is 25.2 Å². The Labute approximate surface area is 172 Å². The maximum atomic E-state index is 12.3. The summed E-state index contributed by atoms with van der Waals surface area (Å²) >= 11 is 0. The highest BCUT2D eigenvalue weighted by atomic mass is 16.5. The average Bonchev–Trinajstić information content (AvgIpc) is 2.76. The third kappa shape index (κ3) is 7.08. The molecule has 29 heavy (non-hydrogen) atoms. The number of para-hydroxylation sites is 2. The monoisotopic (exact) mass is 395 g/mol. The molecule has 0 unspecified atom stereocenters.